The summed E-state index contributed by atoms with van der Waals surface area (Å²) in [4.78, 5) is 11.7. The molecule has 0 N–H and O–H groups in total. The molecular weight excluding hydrogens is 332 g/mol. The number of carbonyl (C=O) groups excluding carboxylic acids is 1. The zero-order valence-electron chi connectivity index (χ0n) is 16.7. The number of rotatable bonds is 14. The number of hydrogen-bond donors (Lipinski definition) is 0. The Hall–Kier alpha value is -2.35. The maximum atomic E-state index is 11.7. The summed E-state index contributed by atoms with van der Waals surface area (Å²) < 4.78 is 5.27. The van der Waals surface area contributed by atoms with Crippen LogP contribution in [-0.2, 0) is 16.1 Å². The summed E-state index contributed by atoms with van der Waals surface area (Å²) in [5.41, 5.74) is 1.03. The fourth-order valence-electron chi connectivity index (χ4n) is 2.44. The van der Waals surface area contributed by atoms with Gasteiger partial charge in [-0.15, -0.1) is 0 Å². The molecule has 0 bridgehead atoms. The SMILES string of the molecule is CC/C=C\C/C=C\C/C=C\C/C=C\CCCCC(=O)OCc1ccccc1. The highest BCUT2D eigenvalue weighted by Gasteiger charge is 2.02. The second-order valence-electron chi connectivity index (χ2n) is 6.39. The molecule has 0 aliphatic rings. The van der Waals surface area contributed by atoms with Gasteiger partial charge in [0.1, 0.15) is 6.61 Å². The van der Waals surface area contributed by atoms with Crippen LogP contribution in [0.3, 0.4) is 0 Å². The Balaban J connectivity index is 1.94. The van der Waals surface area contributed by atoms with Crippen LogP contribution in [0.1, 0.15) is 63.9 Å². The predicted octanol–water partition coefficient (Wildman–Crippen LogP) is 7.10. The van der Waals surface area contributed by atoms with Crippen molar-refractivity contribution < 1.29 is 9.53 Å². The highest BCUT2D eigenvalue weighted by Crippen LogP contribution is 2.06. The third kappa shape index (κ3) is 14.5. The first kappa shape index (κ1) is 22.7. The van der Waals surface area contributed by atoms with Crippen molar-refractivity contribution in [2.24, 2.45) is 0 Å². The molecule has 0 aliphatic carbocycles. The van der Waals surface area contributed by atoms with E-state index < -0.39 is 0 Å². The number of esters is 1. The Bertz CT molecular complexity index is 594. The Labute approximate surface area is 165 Å². The Morgan fingerprint density at radius 2 is 1.41 bits per heavy atom. The maximum Gasteiger partial charge on any atom is 0.306 e. The van der Waals surface area contributed by atoms with E-state index in [-0.39, 0.29) is 5.97 Å². The normalized spacial score (nSPS) is 12.0. The Morgan fingerprint density at radius 1 is 0.815 bits per heavy atom. The van der Waals surface area contributed by atoms with Crippen molar-refractivity contribution in [3.05, 3.63) is 84.5 Å². The molecule has 0 radical (unpaired) electrons. The van der Waals surface area contributed by atoms with E-state index in [9.17, 15) is 4.79 Å². The van der Waals surface area contributed by atoms with Gasteiger partial charge in [-0.25, -0.2) is 0 Å². The molecule has 27 heavy (non-hydrogen) atoms. The predicted molar refractivity (Wildman–Crippen MR) is 115 cm³/mol. The molecule has 0 unspecified atom stereocenters. The molecule has 0 saturated heterocycles. The molecule has 0 saturated carbocycles. The van der Waals surface area contributed by atoms with Crippen molar-refractivity contribution in [3.63, 3.8) is 0 Å². The maximum absolute atomic E-state index is 11.7. The van der Waals surface area contributed by atoms with Gasteiger partial charge >= 0.3 is 5.97 Å². The van der Waals surface area contributed by atoms with Gasteiger partial charge in [0.05, 0.1) is 0 Å². The summed E-state index contributed by atoms with van der Waals surface area (Å²) in [6.45, 7) is 2.52. The first-order valence-electron chi connectivity index (χ1n) is 10.1. The van der Waals surface area contributed by atoms with Gasteiger partial charge in [0, 0.05) is 6.42 Å². The van der Waals surface area contributed by atoms with Gasteiger partial charge in [-0.05, 0) is 50.5 Å². The molecule has 0 heterocycles. The van der Waals surface area contributed by atoms with Gasteiger partial charge in [-0.1, -0.05) is 85.9 Å². The molecular formula is C25H34O2. The third-order valence-corrected chi connectivity index (χ3v) is 3.96. The summed E-state index contributed by atoms with van der Waals surface area (Å²) in [5, 5.41) is 0. The van der Waals surface area contributed by atoms with Crippen LogP contribution in [0.4, 0.5) is 0 Å². The lowest BCUT2D eigenvalue weighted by molar-refractivity contribution is -0.145. The molecule has 0 fully saturated rings. The number of carbonyl (C=O) groups is 1. The fourth-order valence-corrected chi connectivity index (χ4v) is 2.44. The molecule has 0 aliphatic heterocycles. The molecule has 1 rings (SSSR count). The van der Waals surface area contributed by atoms with Crippen LogP contribution in [0, 0.1) is 0 Å². The van der Waals surface area contributed by atoms with Gasteiger partial charge in [0.15, 0.2) is 0 Å². The fraction of sp³-hybridized carbons (Fsp3) is 0.400. The second kappa shape index (κ2) is 17.1. The molecule has 1 aromatic carbocycles. The number of allylic oxidation sites excluding steroid dienone is 8. The molecule has 146 valence electrons. The monoisotopic (exact) mass is 366 g/mol. The number of ether oxygens (including phenoxy) is 1. The standard InChI is InChI=1S/C25H34O2/c1-2-3-4-5-6-7-8-9-10-11-12-13-14-15-19-22-25(26)27-23-24-20-17-16-18-21-24/h3-4,6-7,9-10,12-13,16-18,20-21H,2,5,8,11,14-15,19,22-23H2,1H3/b4-3-,7-6-,10-9-,13-12-. The summed E-state index contributed by atoms with van der Waals surface area (Å²) >= 11 is 0. The molecule has 1 aromatic rings. The van der Waals surface area contributed by atoms with E-state index in [0.717, 1.165) is 50.5 Å². The summed E-state index contributed by atoms with van der Waals surface area (Å²) in [6.07, 6.45) is 25.1. The van der Waals surface area contributed by atoms with Crippen LogP contribution < -0.4 is 0 Å². The quantitative estimate of drug-likeness (QED) is 0.199. The van der Waals surface area contributed by atoms with Crippen LogP contribution in [0.25, 0.3) is 0 Å². The summed E-state index contributed by atoms with van der Waals surface area (Å²) in [5.74, 6) is -0.107. The minimum absolute atomic E-state index is 0.107. The topological polar surface area (TPSA) is 26.3 Å². The lowest BCUT2D eigenvalue weighted by Crippen LogP contribution is -2.04. The van der Waals surface area contributed by atoms with Gasteiger partial charge in [-0.3, -0.25) is 4.79 Å². The van der Waals surface area contributed by atoms with Gasteiger partial charge in [-0.2, -0.15) is 0 Å². The van der Waals surface area contributed by atoms with Crippen molar-refractivity contribution >= 4 is 5.97 Å². The van der Waals surface area contributed by atoms with E-state index in [1.165, 1.54) is 0 Å². The lowest BCUT2D eigenvalue weighted by atomic mass is 10.2. The minimum atomic E-state index is -0.107. The van der Waals surface area contributed by atoms with Gasteiger partial charge < -0.3 is 4.74 Å². The average molecular weight is 367 g/mol. The lowest BCUT2D eigenvalue weighted by Gasteiger charge is -2.04. The van der Waals surface area contributed by atoms with Crippen LogP contribution >= 0.6 is 0 Å². The van der Waals surface area contributed by atoms with E-state index in [4.69, 9.17) is 4.74 Å². The van der Waals surface area contributed by atoms with Crippen LogP contribution in [-0.4, -0.2) is 5.97 Å². The number of unbranched alkanes of at least 4 members (excludes halogenated alkanes) is 2. The molecule has 0 spiro atoms. The summed E-state index contributed by atoms with van der Waals surface area (Å²) in [7, 11) is 0. The van der Waals surface area contributed by atoms with E-state index in [1.807, 2.05) is 30.3 Å². The van der Waals surface area contributed by atoms with E-state index in [2.05, 4.69) is 55.5 Å². The second-order valence-corrected chi connectivity index (χ2v) is 6.39. The van der Waals surface area contributed by atoms with Crippen molar-refractivity contribution in [1.29, 1.82) is 0 Å². The Kier molecular flexibility index (Phi) is 14.4. The smallest absolute Gasteiger partial charge is 0.306 e. The zero-order valence-corrected chi connectivity index (χ0v) is 16.7. The van der Waals surface area contributed by atoms with Crippen LogP contribution in [0.15, 0.2) is 78.9 Å². The average Bonchev–Trinajstić information content (AvgIpc) is 2.70. The largest absolute Gasteiger partial charge is 0.461 e. The van der Waals surface area contributed by atoms with E-state index in [1.54, 1.807) is 0 Å². The van der Waals surface area contributed by atoms with Gasteiger partial charge in [0.2, 0.25) is 0 Å². The number of benzene rings is 1. The van der Waals surface area contributed by atoms with Crippen molar-refractivity contribution in [3.8, 4) is 0 Å². The summed E-state index contributed by atoms with van der Waals surface area (Å²) in [6, 6.07) is 9.79. The molecule has 2 nitrogen and oxygen atoms in total. The van der Waals surface area contributed by atoms with Crippen molar-refractivity contribution in [2.45, 2.75) is 64.9 Å². The van der Waals surface area contributed by atoms with Crippen molar-refractivity contribution in [2.75, 3.05) is 0 Å². The first-order valence-corrected chi connectivity index (χ1v) is 10.1. The molecule has 2 heteroatoms. The van der Waals surface area contributed by atoms with Gasteiger partial charge in [0.25, 0.3) is 0 Å². The molecule has 0 amide bonds. The van der Waals surface area contributed by atoms with E-state index >= 15 is 0 Å². The minimum Gasteiger partial charge on any atom is -0.461 e. The van der Waals surface area contributed by atoms with Crippen LogP contribution in [0.2, 0.25) is 0 Å². The third-order valence-electron chi connectivity index (χ3n) is 3.96. The van der Waals surface area contributed by atoms with Crippen molar-refractivity contribution in [1.82, 2.24) is 0 Å². The van der Waals surface area contributed by atoms with E-state index in [0.29, 0.717) is 13.0 Å². The Morgan fingerprint density at radius 3 is 2.04 bits per heavy atom. The van der Waals surface area contributed by atoms with Crippen LogP contribution in [0.5, 0.6) is 0 Å². The molecule has 0 atom stereocenters. The molecule has 0 aromatic heterocycles. The highest BCUT2D eigenvalue weighted by atomic mass is 16.5. The highest BCUT2D eigenvalue weighted by molar-refractivity contribution is 5.69. The number of hydrogen-bond acceptors (Lipinski definition) is 2. The first-order chi connectivity index (χ1) is 13.3. The zero-order chi connectivity index (χ0) is 19.4.